The number of amides is 1. The van der Waals surface area contributed by atoms with Crippen LogP contribution in [0.1, 0.15) is 16.2 Å². The Morgan fingerprint density at radius 2 is 2.14 bits per heavy atom. The number of benzene rings is 1. The van der Waals surface area contributed by atoms with Crippen LogP contribution >= 0.6 is 11.8 Å². The van der Waals surface area contributed by atoms with E-state index in [9.17, 15) is 18.0 Å². The van der Waals surface area contributed by atoms with Gasteiger partial charge >= 0.3 is 6.36 Å². The Hall–Kier alpha value is -2.20. The topological polar surface area (TPSA) is 84.6 Å². The van der Waals surface area contributed by atoms with Crippen LogP contribution in [0.3, 0.4) is 0 Å². The van der Waals surface area contributed by atoms with Crippen molar-refractivity contribution < 1.29 is 32.4 Å². The molecule has 0 spiro atoms. The third kappa shape index (κ3) is 4.40. The molecule has 10 heteroatoms. The number of ether oxygens (including phenoxy) is 1. The maximum absolute atomic E-state index is 12.3. The van der Waals surface area contributed by atoms with Crippen molar-refractivity contribution in [3.05, 3.63) is 41.8 Å². The molecule has 0 saturated carbocycles. The molecule has 0 aliphatic rings. The van der Waals surface area contributed by atoms with Crippen molar-refractivity contribution in [3.63, 3.8) is 0 Å². The third-order valence-corrected chi connectivity index (χ3v) is 3.42. The summed E-state index contributed by atoms with van der Waals surface area (Å²) >= 11 is 1.02. The summed E-state index contributed by atoms with van der Waals surface area (Å²) in [5.74, 6) is -0.789. The molecule has 0 aliphatic heterocycles. The van der Waals surface area contributed by atoms with Gasteiger partial charge in [0.25, 0.3) is 5.91 Å². The minimum atomic E-state index is -4.78. The van der Waals surface area contributed by atoms with Crippen LogP contribution in [0.2, 0.25) is 0 Å². The molecule has 1 aromatic carbocycles. The lowest BCUT2D eigenvalue weighted by molar-refractivity contribution is -0.275. The zero-order valence-corrected chi connectivity index (χ0v) is 11.6. The van der Waals surface area contributed by atoms with Crippen molar-refractivity contribution >= 4 is 17.7 Å². The normalized spacial score (nSPS) is 11.3. The number of aromatic nitrogens is 1. The number of nitrogens with zero attached hydrogens (tertiary/aromatic N) is 1. The Morgan fingerprint density at radius 1 is 1.41 bits per heavy atom. The van der Waals surface area contributed by atoms with E-state index in [1.165, 1.54) is 29.7 Å². The summed E-state index contributed by atoms with van der Waals surface area (Å²) < 4.78 is 45.6. The van der Waals surface area contributed by atoms with E-state index in [1.807, 2.05) is 0 Å². The van der Waals surface area contributed by atoms with Gasteiger partial charge in [0.1, 0.15) is 11.5 Å². The van der Waals surface area contributed by atoms with E-state index in [-0.39, 0.29) is 27.9 Å². The first-order chi connectivity index (χ1) is 10.4. The predicted molar refractivity (Wildman–Crippen MR) is 68.4 cm³/mol. The van der Waals surface area contributed by atoms with Crippen LogP contribution in [-0.4, -0.2) is 22.6 Å². The summed E-state index contributed by atoms with van der Waals surface area (Å²) in [7, 11) is 0. The van der Waals surface area contributed by atoms with Gasteiger partial charge in [0.2, 0.25) is 0 Å². The van der Waals surface area contributed by atoms with Crippen molar-refractivity contribution in [1.29, 1.82) is 0 Å². The smallest absolute Gasteiger partial charge is 0.405 e. The average Bonchev–Trinajstić information content (AvgIpc) is 2.93. The zero-order valence-electron chi connectivity index (χ0n) is 10.8. The second-order valence-corrected chi connectivity index (χ2v) is 4.92. The summed E-state index contributed by atoms with van der Waals surface area (Å²) in [6, 6.07) is 6.91. The predicted octanol–water partition coefficient (Wildman–Crippen LogP) is 2.98. The van der Waals surface area contributed by atoms with Crippen LogP contribution in [0.4, 0.5) is 13.2 Å². The van der Waals surface area contributed by atoms with E-state index < -0.39 is 12.3 Å². The molecule has 0 saturated heterocycles. The summed E-state index contributed by atoms with van der Waals surface area (Å²) in [5.41, 5.74) is 1.25. The molecule has 0 unspecified atom stereocenters. The minimum Gasteiger partial charge on any atom is -0.405 e. The van der Waals surface area contributed by atoms with E-state index in [1.54, 1.807) is 6.07 Å². The van der Waals surface area contributed by atoms with Crippen molar-refractivity contribution in [1.82, 2.24) is 10.6 Å². The Morgan fingerprint density at radius 3 is 2.82 bits per heavy atom. The van der Waals surface area contributed by atoms with Gasteiger partial charge in [-0.05, 0) is 12.1 Å². The van der Waals surface area contributed by atoms with Gasteiger partial charge in [0.15, 0.2) is 5.69 Å². The van der Waals surface area contributed by atoms with Crippen LogP contribution in [0, 0.1) is 0 Å². The first kappa shape index (κ1) is 16.2. The number of nitrogens with one attached hydrogen (secondary N) is 1. The summed E-state index contributed by atoms with van der Waals surface area (Å²) in [6.45, 7) is 0. The largest absolute Gasteiger partial charge is 0.573 e. The highest BCUT2D eigenvalue weighted by molar-refractivity contribution is 7.98. The second kappa shape index (κ2) is 6.71. The molecule has 2 rings (SSSR count). The number of thioether (sulfide) groups is 1. The van der Waals surface area contributed by atoms with Crippen molar-refractivity contribution in [2.45, 2.75) is 17.0 Å². The zero-order chi connectivity index (χ0) is 16.2. The van der Waals surface area contributed by atoms with E-state index in [0.29, 0.717) is 0 Å². The van der Waals surface area contributed by atoms with E-state index in [0.717, 1.165) is 11.8 Å². The third-order valence-electron chi connectivity index (χ3n) is 2.34. The Labute approximate surface area is 126 Å². The molecule has 22 heavy (non-hydrogen) atoms. The number of alkyl halides is 3. The van der Waals surface area contributed by atoms with Gasteiger partial charge in [-0.2, -0.15) is 0 Å². The molecular weight excluding hydrogens is 325 g/mol. The first-order valence-corrected chi connectivity index (χ1v) is 6.75. The fourth-order valence-corrected chi connectivity index (χ4v) is 2.33. The second-order valence-electron chi connectivity index (χ2n) is 3.90. The van der Waals surface area contributed by atoms with E-state index in [4.69, 9.17) is 9.73 Å². The van der Waals surface area contributed by atoms with Gasteiger partial charge < -0.3 is 9.26 Å². The van der Waals surface area contributed by atoms with Gasteiger partial charge in [-0.25, -0.2) is 5.48 Å². The lowest BCUT2D eigenvalue weighted by Gasteiger charge is -2.12. The molecule has 118 valence electrons. The highest BCUT2D eigenvalue weighted by Gasteiger charge is 2.32. The van der Waals surface area contributed by atoms with Crippen LogP contribution in [0.5, 0.6) is 5.75 Å². The molecule has 1 amide bonds. The number of rotatable bonds is 5. The molecule has 1 heterocycles. The van der Waals surface area contributed by atoms with Crippen molar-refractivity contribution in [3.8, 4) is 5.75 Å². The highest BCUT2D eigenvalue weighted by atomic mass is 32.2. The van der Waals surface area contributed by atoms with Crippen LogP contribution in [0.15, 0.2) is 39.8 Å². The number of carbonyl (C=O) groups excluding carboxylic acids is 1. The molecule has 0 bridgehead atoms. The maximum Gasteiger partial charge on any atom is 0.573 e. The molecular formula is C12H9F3N2O4S. The minimum absolute atomic E-state index is 0.129. The van der Waals surface area contributed by atoms with E-state index >= 15 is 0 Å². The van der Waals surface area contributed by atoms with Crippen LogP contribution in [-0.2, 0) is 5.75 Å². The molecule has 2 aromatic rings. The van der Waals surface area contributed by atoms with Gasteiger partial charge in [-0.3, -0.25) is 10.0 Å². The van der Waals surface area contributed by atoms with E-state index in [2.05, 4.69) is 9.89 Å². The monoisotopic (exact) mass is 334 g/mol. The van der Waals surface area contributed by atoms with Crippen LogP contribution < -0.4 is 10.2 Å². The molecule has 1 aromatic heterocycles. The summed E-state index contributed by atoms with van der Waals surface area (Å²) in [5, 5.41) is 11.8. The van der Waals surface area contributed by atoms with Gasteiger partial charge in [0, 0.05) is 6.07 Å². The number of para-hydroxylation sites is 1. The SMILES string of the molecule is O=C(NO)c1cc(CSc2ccccc2OC(F)(F)F)on1. The van der Waals surface area contributed by atoms with Crippen molar-refractivity contribution in [2.24, 2.45) is 0 Å². The maximum atomic E-state index is 12.3. The average molecular weight is 334 g/mol. The molecule has 0 aliphatic carbocycles. The molecule has 0 fully saturated rings. The fourth-order valence-electron chi connectivity index (χ4n) is 1.47. The molecule has 0 atom stereocenters. The summed E-state index contributed by atoms with van der Waals surface area (Å²) in [6.07, 6.45) is -4.78. The molecule has 6 nitrogen and oxygen atoms in total. The lowest BCUT2D eigenvalue weighted by atomic mass is 10.3. The van der Waals surface area contributed by atoms with Crippen LogP contribution in [0.25, 0.3) is 0 Å². The standard InChI is InChI=1S/C12H9F3N2O4S/c13-12(14,15)20-9-3-1-2-4-10(9)22-6-7-5-8(17-21-7)11(18)16-19/h1-5,19H,6H2,(H,16,18). The lowest BCUT2D eigenvalue weighted by Crippen LogP contribution is -2.18. The quantitative estimate of drug-likeness (QED) is 0.497. The number of hydroxylamine groups is 1. The van der Waals surface area contributed by atoms with Gasteiger partial charge in [-0.1, -0.05) is 17.3 Å². The fraction of sp³-hybridized carbons (Fsp3) is 0.167. The van der Waals surface area contributed by atoms with Gasteiger partial charge in [-0.15, -0.1) is 24.9 Å². The summed E-state index contributed by atoms with van der Waals surface area (Å²) in [4.78, 5) is 11.3. The van der Waals surface area contributed by atoms with Crippen molar-refractivity contribution in [2.75, 3.05) is 0 Å². The Kier molecular flexibility index (Phi) is 4.93. The number of hydrogen-bond donors (Lipinski definition) is 2. The number of hydrogen-bond acceptors (Lipinski definition) is 6. The molecule has 2 N–H and O–H groups in total. The van der Waals surface area contributed by atoms with Gasteiger partial charge in [0.05, 0.1) is 10.6 Å². The highest BCUT2D eigenvalue weighted by Crippen LogP contribution is 2.34. The first-order valence-electron chi connectivity index (χ1n) is 5.76. The molecule has 0 radical (unpaired) electrons. The number of halogens is 3. The Balaban J connectivity index is 2.05. The number of carbonyl (C=O) groups is 1. The Bertz CT molecular complexity index is 660.